The molecule has 0 aliphatic carbocycles. The lowest BCUT2D eigenvalue weighted by atomic mass is 10.1. The summed E-state index contributed by atoms with van der Waals surface area (Å²) in [6.45, 7) is 5.02. The highest BCUT2D eigenvalue weighted by atomic mass is 32.2. The first-order chi connectivity index (χ1) is 7.99. The lowest BCUT2D eigenvalue weighted by Gasteiger charge is -2.24. The zero-order chi connectivity index (χ0) is 12.5. The molecule has 1 aromatic rings. The van der Waals surface area contributed by atoms with Crippen molar-refractivity contribution in [3.8, 4) is 0 Å². The van der Waals surface area contributed by atoms with Crippen molar-refractivity contribution in [1.82, 2.24) is 9.46 Å². The second-order valence-electron chi connectivity index (χ2n) is 4.34. The van der Waals surface area contributed by atoms with E-state index in [4.69, 9.17) is 9.26 Å². The molecule has 2 rings (SSSR count). The van der Waals surface area contributed by atoms with Crippen LogP contribution in [0.1, 0.15) is 31.2 Å². The number of aromatic nitrogens is 1. The maximum Gasteiger partial charge on any atom is 0.238 e. The smallest absolute Gasteiger partial charge is 0.238 e. The summed E-state index contributed by atoms with van der Waals surface area (Å²) in [4.78, 5) is 0. The molecule has 0 bridgehead atoms. The van der Waals surface area contributed by atoms with Crippen molar-refractivity contribution in [2.75, 3.05) is 19.1 Å². The van der Waals surface area contributed by atoms with E-state index >= 15 is 0 Å². The Morgan fingerprint density at radius 3 is 2.88 bits per heavy atom. The zero-order valence-electron chi connectivity index (χ0n) is 9.92. The molecule has 0 radical (unpaired) electrons. The predicted molar refractivity (Wildman–Crippen MR) is 60.7 cm³/mol. The minimum Gasteiger partial charge on any atom is -0.363 e. The van der Waals surface area contributed by atoms with Gasteiger partial charge in [0.15, 0.2) is 11.7 Å². The summed E-state index contributed by atoms with van der Waals surface area (Å²) in [5, 5.41) is 3.90. The van der Waals surface area contributed by atoms with Crippen LogP contribution in [-0.2, 0) is 21.3 Å². The Morgan fingerprint density at radius 2 is 2.29 bits per heavy atom. The second kappa shape index (κ2) is 4.75. The first-order valence-corrected chi connectivity index (χ1v) is 7.11. The third-order valence-electron chi connectivity index (χ3n) is 2.61. The van der Waals surface area contributed by atoms with E-state index in [9.17, 15) is 8.42 Å². The fourth-order valence-electron chi connectivity index (χ4n) is 1.57. The average molecular weight is 260 g/mol. The third-order valence-corrected chi connectivity index (χ3v) is 4.17. The van der Waals surface area contributed by atoms with Crippen LogP contribution in [0.5, 0.6) is 0 Å². The largest absolute Gasteiger partial charge is 0.363 e. The van der Waals surface area contributed by atoms with Crippen molar-refractivity contribution in [2.45, 2.75) is 26.3 Å². The van der Waals surface area contributed by atoms with Crippen LogP contribution in [0.3, 0.4) is 0 Å². The maximum atomic E-state index is 11.7. The molecule has 2 heterocycles. The van der Waals surface area contributed by atoms with Gasteiger partial charge in [0.2, 0.25) is 10.0 Å². The Morgan fingerprint density at radius 1 is 1.53 bits per heavy atom. The van der Waals surface area contributed by atoms with Gasteiger partial charge in [0.25, 0.3) is 0 Å². The molecular weight excluding hydrogens is 244 g/mol. The van der Waals surface area contributed by atoms with Gasteiger partial charge < -0.3 is 9.26 Å². The molecule has 7 heteroatoms. The van der Waals surface area contributed by atoms with E-state index in [1.54, 1.807) is 6.07 Å². The summed E-state index contributed by atoms with van der Waals surface area (Å²) < 4.78 is 34.7. The molecule has 0 unspecified atom stereocenters. The van der Waals surface area contributed by atoms with Gasteiger partial charge in [-0.1, -0.05) is 19.0 Å². The van der Waals surface area contributed by atoms with Crippen LogP contribution in [-0.4, -0.2) is 37.0 Å². The van der Waals surface area contributed by atoms with E-state index in [-0.39, 0.29) is 18.4 Å². The molecular formula is C10H16N2O4S. The molecule has 17 heavy (non-hydrogen) atoms. The zero-order valence-corrected chi connectivity index (χ0v) is 10.7. The Labute approximate surface area is 101 Å². The van der Waals surface area contributed by atoms with Crippen LogP contribution in [0.15, 0.2) is 10.6 Å². The molecule has 6 nitrogen and oxygen atoms in total. The van der Waals surface area contributed by atoms with Crippen LogP contribution in [0.4, 0.5) is 0 Å². The Balaban J connectivity index is 2.09. The van der Waals surface area contributed by atoms with E-state index in [0.717, 1.165) is 5.69 Å². The molecule has 1 saturated heterocycles. The van der Waals surface area contributed by atoms with E-state index in [1.165, 1.54) is 4.31 Å². The molecule has 96 valence electrons. The minimum atomic E-state index is -3.31. The van der Waals surface area contributed by atoms with E-state index in [1.807, 2.05) is 13.8 Å². The third kappa shape index (κ3) is 2.85. The van der Waals surface area contributed by atoms with Crippen LogP contribution in [0, 0.1) is 0 Å². The summed E-state index contributed by atoms with van der Waals surface area (Å²) in [5.74, 6) is 0.589. The van der Waals surface area contributed by atoms with Gasteiger partial charge in [-0.2, -0.15) is 4.31 Å². The first-order valence-electron chi connectivity index (χ1n) is 5.50. The average Bonchev–Trinajstić information content (AvgIpc) is 2.70. The highest BCUT2D eigenvalue weighted by molar-refractivity contribution is 7.88. The van der Waals surface area contributed by atoms with E-state index in [0.29, 0.717) is 18.9 Å². The summed E-state index contributed by atoms with van der Waals surface area (Å²) in [6, 6.07) is 1.80. The normalized spacial score (nSPS) is 20.9. The van der Waals surface area contributed by atoms with Gasteiger partial charge in [-0.05, 0) is 5.92 Å². The quantitative estimate of drug-likeness (QED) is 0.808. The molecule has 0 amide bonds. The molecule has 0 aromatic carbocycles. The van der Waals surface area contributed by atoms with Gasteiger partial charge in [0.05, 0.1) is 18.8 Å². The molecule has 0 saturated carbocycles. The van der Waals surface area contributed by atoms with Crippen LogP contribution >= 0.6 is 0 Å². The van der Waals surface area contributed by atoms with Gasteiger partial charge in [0.1, 0.15) is 0 Å². The summed E-state index contributed by atoms with van der Waals surface area (Å²) in [7, 11) is -3.31. The Kier molecular flexibility index (Phi) is 3.50. The molecule has 0 N–H and O–H groups in total. The van der Waals surface area contributed by atoms with Crippen LogP contribution in [0.25, 0.3) is 0 Å². The van der Waals surface area contributed by atoms with Crippen molar-refractivity contribution in [2.24, 2.45) is 0 Å². The predicted octanol–water partition coefficient (Wildman–Crippen LogP) is 0.918. The monoisotopic (exact) mass is 260 g/mol. The lowest BCUT2D eigenvalue weighted by Crippen LogP contribution is -2.40. The first kappa shape index (κ1) is 12.5. The highest BCUT2D eigenvalue weighted by Gasteiger charge is 2.27. The Bertz CT molecular complexity index is 480. The van der Waals surface area contributed by atoms with Crippen molar-refractivity contribution in [3.05, 3.63) is 17.5 Å². The summed E-state index contributed by atoms with van der Waals surface area (Å²) in [6.07, 6.45) is 0. The standard InChI is InChI=1S/C10H16N2O4S/c1-8(2)10-5-9(16-11-10)6-12-3-4-15-7-17(12,13)14/h5,8H,3-4,6-7H2,1-2H3. The molecule has 0 atom stereocenters. The van der Waals surface area contributed by atoms with Gasteiger partial charge in [-0.15, -0.1) is 0 Å². The minimum absolute atomic E-state index is 0.228. The van der Waals surface area contributed by atoms with Gasteiger partial charge >= 0.3 is 0 Å². The number of ether oxygens (including phenoxy) is 1. The molecule has 1 aliphatic rings. The fourth-order valence-corrected chi connectivity index (χ4v) is 2.73. The van der Waals surface area contributed by atoms with Crippen molar-refractivity contribution in [1.29, 1.82) is 0 Å². The van der Waals surface area contributed by atoms with Gasteiger partial charge in [-0.3, -0.25) is 0 Å². The number of hydrogen-bond acceptors (Lipinski definition) is 5. The molecule has 1 aromatic heterocycles. The fraction of sp³-hybridized carbons (Fsp3) is 0.700. The number of sulfonamides is 1. The molecule has 1 aliphatic heterocycles. The summed E-state index contributed by atoms with van der Waals surface area (Å²) >= 11 is 0. The van der Waals surface area contributed by atoms with Crippen LogP contribution in [0.2, 0.25) is 0 Å². The summed E-state index contributed by atoms with van der Waals surface area (Å²) in [5.41, 5.74) is 0.839. The van der Waals surface area contributed by atoms with Crippen molar-refractivity contribution >= 4 is 10.0 Å². The topological polar surface area (TPSA) is 72.6 Å². The second-order valence-corrected chi connectivity index (χ2v) is 6.26. The molecule has 0 spiro atoms. The van der Waals surface area contributed by atoms with Crippen molar-refractivity contribution in [3.63, 3.8) is 0 Å². The Hall–Kier alpha value is -0.920. The van der Waals surface area contributed by atoms with Gasteiger partial charge in [-0.25, -0.2) is 8.42 Å². The van der Waals surface area contributed by atoms with E-state index < -0.39 is 10.0 Å². The van der Waals surface area contributed by atoms with Crippen LogP contribution < -0.4 is 0 Å². The lowest BCUT2D eigenvalue weighted by molar-refractivity contribution is 0.127. The number of rotatable bonds is 3. The SMILES string of the molecule is CC(C)c1cc(CN2CCOCS2(=O)=O)on1. The number of nitrogens with zero attached hydrogens (tertiary/aromatic N) is 2. The number of hydrogen-bond donors (Lipinski definition) is 0. The molecule has 1 fully saturated rings. The van der Waals surface area contributed by atoms with E-state index in [2.05, 4.69) is 5.16 Å². The van der Waals surface area contributed by atoms with Gasteiger partial charge in [0, 0.05) is 12.6 Å². The maximum absolute atomic E-state index is 11.7. The highest BCUT2D eigenvalue weighted by Crippen LogP contribution is 2.18. The van der Waals surface area contributed by atoms with Crippen molar-refractivity contribution < 1.29 is 17.7 Å².